The van der Waals surface area contributed by atoms with Gasteiger partial charge in [-0.2, -0.15) is 0 Å². The second-order valence-corrected chi connectivity index (χ2v) is 13.3. The topological polar surface area (TPSA) is 36.9 Å². The number of hydrogen-bond acceptors (Lipinski definition) is 5. The second-order valence-electron chi connectivity index (χ2n) is 4.38. The summed E-state index contributed by atoms with van der Waals surface area (Å²) in [6.07, 6.45) is 0. The van der Waals surface area contributed by atoms with E-state index in [0.29, 0.717) is 0 Å². The van der Waals surface area contributed by atoms with Crippen LogP contribution in [0.1, 0.15) is 0 Å². The van der Waals surface area contributed by atoms with E-state index < -0.39 is 12.5 Å². The summed E-state index contributed by atoms with van der Waals surface area (Å²) < 4.78 is 22.4. The maximum atomic E-state index is 5.65. The number of rotatable bonds is 6. The third-order valence-electron chi connectivity index (χ3n) is 3.41. The molecule has 22 heavy (non-hydrogen) atoms. The molecule has 2 aromatic rings. The van der Waals surface area contributed by atoms with E-state index in [1.165, 1.54) is 0 Å². The summed E-state index contributed by atoms with van der Waals surface area (Å²) in [6.45, 7) is -2.57. The maximum absolute atomic E-state index is 5.65. The van der Waals surface area contributed by atoms with Crippen LogP contribution in [0.2, 0.25) is 0 Å². The van der Waals surface area contributed by atoms with E-state index in [-0.39, 0.29) is 0 Å². The molecule has 0 atom stereocenters. The molecule has 0 saturated heterocycles. The molecular formula is C14H18O4P2SSe. The van der Waals surface area contributed by atoms with Gasteiger partial charge in [0.25, 0.3) is 0 Å². The van der Waals surface area contributed by atoms with Crippen molar-refractivity contribution in [1.29, 1.82) is 0 Å². The predicted octanol–water partition coefficient (Wildman–Crippen LogP) is 2.92. The summed E-state index contributed by atoms with van der Waals surface area (Å²) in [5.41, 5.74) is 0. The van der Waals surface area contributed by atoms with Gasteiger partial charge in [-0.1, -0.05) is 0 Å². The average Bonchev–Trinajstić information content (AvgIpc) is 2.59. The van der Waals surface area contributed by atoms with E-state index in [9.17, 15) is 0 Å². The zero-order valence-electron chi connectivity index (χ0n) is 12.8. The van der Waals surface area contributed by atoms with Crippen LogP contribution in [0, 0.1) is 0 Å². The van der Waals surface area contributed by atoms with Crippen molar-refractivity contribution in [1.82, 2.24) is 0 Å². The Morgan fingerprint density at radius 2 is 1.32 bits per heavy atom. The van der Waals surface area contributed by atoms with Crippen LogP contribution in [0.5, 0.6) is 0 Å². The molecular weight excluding hydrogens is 405 g/mol. The van der Waals surface area contributed by atoms with Crippen molar-refractivity contribution in [2.24, 2.45) is 0 Å². The molecule has 0 N–H and O–H groups in total. The molecule has 0 unspecified atom stereocenters. The van der Waals surface area contributed by atoms with Crippen molar-refractivity contribution < 1.29 is 18.1 Å². The van der Waals surface area contributed by atoms with Crippen LogP contribution >= 0.6 is 12.5 Å². The Bertz CT molecular complexity index is 704. The number of hydrogen-bond donors (Lipinski definition) is 0. The normalized spacial score (nSPS) is 12.7. The van der Waals surface area contributed by atoms with Gasteiger partial charge in [-0.05, 0) is 0 Å². The van der Waals surface area contributed by atoms with Crippen LogP contribution < -0.4 is 10.6 Å². The van der Waals surface area contributed by atoms with Crippen molar-refractivity contribution in [3.8, 4) is 0 Å². The first kappa shape index (κ1) is 18.5. The van der Waals surface area contributed by atoms with Crippen LogP contribution in [0.4, 0.5) is 0 Å². The van der Waals surface area contributed by atoms with Crippen molar-refractivity contribution in [3.63, 3.8) is 0 Å². The molecule has 0 aliphatic rings. The Morgan fingerprint density at radius 3 is 1.77 bits per heavy atom. The first-order chi connectivity index (χ1) is 10.5. The van der Waals surface area contributed by atoms with Crippen LogP contribution in [-0.4, -0.2) is 43.5 Å². The molecule has 0 aromatic heterocycles. The Labute approximate surface area is 143 Å². The van der Waals surface area contributed by atoms with Gasteiger partial charge in [0, 0.05) is 0 Å². The van der Waals surface area contributed by atoms with Gasteiger partial charge in [0.1, 0.15) is 0 Å². The second kappa shape index (κ2) is 7.36. The molecule has 4 nitrogen and oxygen atoms in total. The van der Waals surface area contributed by atoms with E-state index >= 15 is 0 Å². The van der Waals surface area contributed by atoms with Gasteiger partial charge in [0.05, 0.1) is 0 Å². The molecule has 0 fully saturated rings. The van der Waals surface area contributed by atoms with Gasteiger partial charge in [-0.3, -0.25) is 0 Å². The van der Waals surface area contributed by atoms with Crippen molar-refractivity contribution in [3.05, 3.63) is 36.4 Å². The summed E-state index contributed by atoms with van der Waals surface area (Å²) in [4.78, 5) is 0. The summed E-state index contributed by atoms with van der Waals surface area (Å²) >= 11 is 8.72. The summed E-state index contributed by atoms with van der Waals surface area (Å²) in [5, 5.41) is 3.85. The fraction of sp³-hybridized carbons (Fsp3) is 0.286. The zero-order chi connectivity index (χ0) is 16.4. The standard InChI is InChI=1S/C14H18O4P2SSe/c1-15-19(21,16-2)12-9-5-7-11-8-6-10-13(14(11)12)20(22,17-3)18-4/h5-10H,1-4H3. The predicted molar refractivity (Wildman–Crippen MR) is 98.2 cm³/mol. The first-order valence-corrected chi connectivity index (χ1v) is 12.9. The fourth-order valence-electron chi connectivity index (χ4n) is 2.30. The van der Waals surface area contributed by atoms with Gasteiger partial charge in [0.15, 0.2) is 0 Å². The molecule has 8 heteroatoms. The molecule has 0 aliphatic carbocycles. The van der Waals surface area contributed by atoms with Gasteiger partial charge in [0.2, 0.25) is 0 Å². The minimum absolute atomic E-state index is 0.870. The number of benzene rings is 2. The third-order valence-corrected chi connectivity index (χ3v) is 11.9. The fourth-order valence-corrected chi connectivity index (χ4v) is 6.47. The Balaban J connectivity index is 2.92. The number of fused-ring (bicyclic) bond motifs is 1. The van der Waals surface area contributed by atoms with Crippen molar-refractivity contribution in [2.45, 2.75) is 0 Å². The summed E-state index contributed by atoms with van der Waals surface area (Å²) in [6, 6.07) is 11.9. The monoisotopic (exact) mass is 424 g/mol. The van der Waals surface area contributed by atoms with E-state index in [0.717, 1.165) is 21.4 Å². The van der Waals surface area contributed by atoms with Crippen LogP contribution in [0.3, 0.4) is 0 Å². The van der Waals surface area contributed by atoms with E-state index in [1.54, 1.807) is 28.4 Å². The molecule has 2 rings (SSSR count). The Morgan fingerprint density at radius 1 is 0.818 bits per heavy atom. The van der Waals surface area contributed by atoms with Gasteiger partial charge >= 0.3 is 144 Å². The molecule has 0 aliphatic heterocycles. The van der Waals surface area contributed by atoms with Crippen LogP contribution in [0.15, 0.2) is 36.4 Å². The van der Waals surface area contributed by atoms with Crippen molar-refractivity contribution >= 4 is 60.7 Å². The van der Waals surface area contributed by atoms with Gasteiger partial charge in [-0.25, -0.2) is 0 Å². The average molecular weight is 423 g/mol. The van der Waals surface area contributed by atoms with E-state index in [2.05, 4.69) is 15.1 Å². The molecule has 0 spiro atoms. The van der Waals surface area contributed by atoms with Crippen LogP contribution in [-0.2, 0) is 29.9 Å². The molecule has 2 aromatic carbocycles. The molecule has 0 radical (unpaired) electrons. The molecule has 0 amide bonds. The molecule has 120 valence electrons. The first-order valence-electron chi connectivity index (χ1n) is 6.41. The van der Waals surface area contributed by atoms with Crippen molar-refractivity contribution in [2.75, 3.05) is 28.4 Å². The Kier molecular flexibility index (Phi) is 6.18. The summed E-state index contributed by atoms with van der Waals surface area (Å²) in [5.74, 6) is -2.31. The van der Waals surface area contributed by atoms with E-state index in [1.807, 2.05) is 36.4 Å². The zero-order valence-corrected chi connectivity index (χ0v) is 17.1. The third kappa shape index (κ3) is 3.18. The summed E-state index contributed by atoms with van der Waals surface area (Å²) in [7, 11) is 6.44. The van der Waals surface area contributed by atoms with E-state index in [4.69, 9.17) is 29.9 Å². The molecule has 0 saturated carbocycles. The van der Waals surface area contributed by atoms with Gasteiger partial charge in [-0.15, -0.1) is 0 Å². The Hall–Kier alpha value is 0.139. The SMILES string of the molecule is COP(=S)(OC)c1cccc2cccc(P(=[Se])(OC)OC)c12. The molecule has 0 heterocycles. The minimum atomic E-state index is -2.57. The van der Waals surface area contributed by atoms with Crippen LogP contribution in [0.25, 0.3) is 10.8 Å². The quantitative estimate of drug-likeness (QED) is 0.528. The molecule has 0 bridgehead atoms. The van der Waals surface area contributed by atoms with Gasteiger partial charge < -0.3 is 0 Å².